The van der Waals surface area contributed by atoms with Crippen molar-refractivity contribution in [2.75, 3.05) is 13.1 Å². The van der Waals surface area contributed by atoms with E-state index in [1.165, 1.54) is 4.31 Å². The van der Waals surface area contributed by atoms with E-state index in [-0.39, 0.29) is 23.5 Å². The van der Waals surface area contributed by atoms with Crippen molar-refractivity contribution in [2.45, 2.75) is 56.6 Å². The Balaban J connectivity index is 1.62. The number of piperidine rings is 1. The number of aliphatic carboxylic acids is 1. The highest BCUT2D eigenvalue weighted by Gasteiger charge is 2.30. The molecule has 2 aromatic carbocycles. The summed E-state index contributed by atoms with van der Waals surface area (Å²) in [5.41, 5.74) is 0.735. The summed E-state index contributed by atoms with van der Waals surface area (Å²) >= 11 is 6.05. The molecule has 0 unspecified atom stereocenters. The van der Waals surface area contributed by atoms with E-state index < -0.39 is 16.0 Å². The largest absolute Gasteiger partial charge is 0.491 e. The third kappa shape index (κ3) is 6.37. The van der Waals surface area contributed by atoms with E-state index in [1.54, 1.807) is 42.5 Å². The number of aryl methyl sites for hydroxylation is 1. The molecule has 1 saturated heterocycles. The van der Waals surface area contributed by atoms with Crippen LogP contribution in [0.3, 0.4) is 0 Å². The van der Waals surface area contributed by atoms with Gasteiger partial charge in [-0.1, -0.05) is 11.6 Å². The molecule has 0 aliphatic carbocycles. The fourth-order valence-electron chi connectivity index (χ4n) is 3.58. The second kappa shape index (κ2) is 10.6. The first-order valence-electron chi connectivity index (χ1n) is 10.6. The number of rotatable bonds is 9. The lowest BCUT2D eigenvalue weighted by atomic mass is 10.1. The van der Waals surface area contributed by atoms with Gasteiger partial charge in [0.05, 0.1) is 11.0 Å². The van der Waals surface area contributed by atoms with Gasteiger partial charge in [0.1, 0.15) is 17.6 Å². The van der Waals surface area contributed by atoms with Crippen LogP contribution < -0.4 is 9.47 Å². The van der Waals surface area contributed by atoms with Crippen LogP contribution in [0.1, 0.15) is 38.7 Å². The highest BCUT2D eigenvalue weighted by atomic mass is 35.5. The Morgan fingerprint density at radius 2 is 1.81 bits per heavy atom. The van der Waals surface area contributed by atoms with Crippen molar-refractivity contribution in [1.29, 1.82) is 0 Å². The van der Waals surface area contributed by atoms with Crippen molar-refractivity contribution in [1.82, 2.24) is 4.31 Å². The molecule has 32 heavy (non-hydrogen) atoms. The monoisotopic (exact) mass is 481 g/mol. The topological polar surface area (TPSA) is 93.1 Å². The van der Waals surface area contributed by atoms with Gasteiger partial charge in [0.25, 0.3) is 0 Å². The molecule has 0 radical (unpaired) electrons. The minimum Gasteiger partial charge on any atom is -0.491 e. The van der Waals surface area contributed by atoms with Gasteiger partial charge in [0.15, 0.2) is 0 Å². The maximum atomic E-state index is 13.0. The summed E-state index contributed by atoms with van der Waals surface area (Å²) in [5, 5.41) is 9.48. The molecule has 7 nitrogen and oxygen atoms in total. The number of nitrogens with zero attached hydrogens (tertiary/aromatic N) is 1. The number of ether oxygens (including phenoxy) is 2. The molecule has 0 atom stereocenters. The summed E-state index contributed by atoms with van der Waals surface area (Å²) in [4.78, 5) is 11.2. The summed E-state index contributed by atoms with van der Waals surface area (Å²) in [5.74, 6) is 0.337. The lowest BCUT2D eigenvalue weighted by molar-refractivity contribution is -0.136. The average molecular weight is 482 g/mol. The summed E-state index contributed by atoms with van der Waals surface area (Å²) < 4.78 is 39.2. The van der Waals surface area contributed by atoms with Gasteiger partial charge in [-0.3, -0.25) is 4.79 Å². The van der Waals surface area contributed by atoms with Gasteiger partial charge in [-0.15, -0.1) is 0 Å². The van der Waals surface area contributed by atoms with Crippen LogP contribution in [-0.4, -0.2) is 49.1 Å². The Morgan fingerprint density at radius 3 is 2.41 bits per heavy atom. The lowest BCUT2D eigenvalue weighted by Gasteiger charge is -2.32. The van der Waals surface area contributed by atoms with Gasteiger partial charge in [0.2, 0.25) is 10.0 Å². The lowest BCUT2D eigenvalue weighted by Crippen LogP contribution is -2.41. The van der Waals surface area contributed by atoms with Gasteiger partial charge in [-0.2, -0.15) is 4.31 Å². The summed E-state index contributed by atoms with van der Waals surface area (Å²) in [7, 11) is -3.60. The summed E-state index contributed by atoms with van der Waals surface area (Å²) in [6.45, 7) is 4.51. The molecular weight excluding hydrogens is 454 g/mol. The second-order valence-electron chi connectivity index (χ2n) is 8.01. The number of hydrogen-bond acceptors (Lipinski definition) is 5. The Kier molecular flexibility index (Phi) is 8.03. The van der Waals surface area contributed by atoms with Crippen molar-refractivity contribution in [3.05, 3.63) is 53.1 Å². The van der Waals surface area contributed by atoms with Crippen molar-refractivity contribution in [3.8, 4) is 11.5 Å². The van der Waals surface area contributed by atoms with Gasteiger partial charge >= 0.3 is 5.97 Å². The molecular formula is C23H28ClNO6S. The highest BCUT2D eigenvalue weighted by molar-refractivity contribution is 7.89. The number of hydrogen-bond donors (Lipinski definition) is 1. The van der Waals surface area contributed by atoms with Crippen molar-refractivity contribution < 1.29 is 27.8 Å². The number of sulfonamides is 1. The standard InChI is InChI=1S/C23H28ClNO6S/c1-16(2)30-19-5-7-21(8-6-19)32(28,29)25-13-11-20(12-14-25)31-22-9-4-18(24)15-17(22)3-10-23(26)27/h4-9,15-16,20H,3,10-14H2,1-2H3,(H,26,27). The molecule has 0 saturated carbocycles. The van der Waals surface area contributed by atoms with E-state index in [1.807, 2.05) is 13.8 Å². The highest BCUT2D eigenvalue weighted by Crippen LogP contribution is 2.29. The maximum absolute atomic E-state index is 13.0. The summed E-state index contributed by atoms with van der Waals surface area (Å²) in [6, 6.07) is 11.6. The molecule has 1 N–H and O–H groups in total. The number of carboxylic acids is 1. The van der Waals surface area contributed by atoms with E-state index in [2.05, 4.69) is 0 Å². The first-order valence-corrected chi connectivity index (χ1v) is 12.4. The zero-order valence-electron chi connectivity index (χ0n) is 18.2. The number of carboxylic acid groups (broad SMARTS) is 1. The molecule has 2 aromatic rings. The third-order valence-electron chi connectivity index (χ3n) is 5.16. The van der Waals surface area contributed by atoms with E-state index in [0.717, 1.165) is 5.56 Å². The van der Waals surface area contributed by atoms with E-state index in [9.17, 15) is 13.2 Å². The Bertz CT molecular complexity index is 1030. The van der Waals surface area contributed by atoms with Gasteiger partial charge in [0, 0.05) is 24.5 Å². The molecule has 174 valence electrons. The minimum atomic E-state index is -3.60. The zero-order chi connectivity index (χ0) is 23.3. The summed E-state index contributed by atoms with van der Waals surface area (Å²) in [6.07, 6.45) is 1.22. The van der Waals surface area contributed by atoms with Crippen LogP contribution in [0.15, 0.2) is 47.4 Å². The molecule has 1 aliphatic heterocycles. The number of halogens is 1. The fraction of sp³-hybridized carbons (Fsp3) is 0.435. The minimum absolute atomic E-state index is 0.0155. The fourth-order valence-corrected chi connectivity index (χ4v) is 5.25. The normalized spacial score (nSPS) is 15.6. The van der Waals surface area contributed by atoms with Crippen LogP contribution in [0.4, 0.5) is 0 Å². The first-order chi connectivity index (χ1) is 15.1. The van der Waals surface area contributed by atoms with Gasteiger partial charge in [-0.25, -0.2) is 8.42 Å². The molecule has 1 heterocycles. The number of benzene rings is 2. The molecule has 1 fully saturated rings. The van der Waals surface area contributed by atoms with Crippen LogP contribution >= 0.6 is 11.6 Å². The average Bonchev–Trinajstić information content (AvgIpc) is 2.74. The molecule has 0 aromatic heterocycles. The quantitative estimate of drug-likeness (QED) is 0.571. The van der Waals surface area contributed by atoms with Crippen molar-refractivity contribution >= 4 is 27.6 Å². The van der Waals surface area contributed by atoms with E-state index in [4.69, 9.17) is 26.2 Å². The SMILES string of the molecule is CC(C)Oc1ccc(S(=O)(=O)N2CCC(Oc3ccc(Cl)cc3CCC(=O)O)CC2)cc1. The first kappa shape index (κ1) is 24.4. The predicted octanol–water partition coefficient (Wildman–Crippen LogP) is 4.38. The second-order valence-corrected chi connectivity index (χ2v) is 10.4. The Hall–Kier alpha value is -2.29. The van der Waals surface area contributed by atoms with Gasteiger partial charge < -0.3 is 14.6 Å². The van der Waals surface area contributed by atoms with Gasteiger partial charge in [-0.05, 0) is 81.1 Å². The molecule has 0 spiro atoms. The Morgan fingerprint density at radius 1 is 1.16 bits per heavy atom. The van der Waals surface area contributed by atoms with Crippen LogP contribution in [-0.2, 0) is 21.2 Å². The third-order valence-corrected chi connectivity index (χ3v) is 7.31. The van der Waals surface area contributed by atoms with E-state index >= 15 is 0 Å². The molecule has 0 amide bonds. The van der Waals surface area contributed by atoms with Crippen LogP contribution in [0, 0.1) is 0 Å². The predicted molar refractivity (Wildman–Crippen MR) is 122 cm³/mol. The smallest absolute Gasteiger partial charge is 0.303 e. The van der Waals surface area contributed by atoms with E-state index in [0.29, 0.717) is 48.9 Å². The number of carbonyl (C=O) groups is 1. The maximum Gasteiger partial charge on any atom is 0.303 e. The van der Waals surface area contributed by atoms with Crippen LogP contribution in [0.5, 0.6) is 11.5 Å². The Labute approximate surface area is 194 Å². The van der Waals surface area contributed by atoms with Crippen LogP contribution in [0.25, 0.3) is 0 Å². The molecule has 0 bridgehead atoms. The molecule has 3 rings (SSSR count). The van der Waals surface area contributed by atoms with Crippen molar-refractivity contribution in [2.24, 2.45) is 0 Å². The molecule has 9 heteroatoms. The van der Waals surface area contributed by atoms with Crippen molar-refractivity contribution in [3.63, 3.8) is 0 Å². The zero-order valence-corrected chi connectivity index (χ0v) is 19.7. The van der Waals surface area contributed by atoms with Crippen LogP contribution in [0.2, 0.25) is 5.02 Å². The molecule has 1 aliphatic rings.